The Morgan fingerprint density at radius 2 is 1.83 bits per heavy atom. The van der Waals surface area contributed by atoms with E-state index in [1.54, 1.807) is 0 Å². The van der Waals surface area contributed by atoms with E-state index < -0.39 is 0 Å². The standard InChI is InChI=1S/C19H30N4O/c1-15-13-16(2)23(20-15)17-7-12-21(14-17)18(24)19(8-3-4-9-19)22-10-5-6-11-22/h13,17H,3-12,14H2,1-2H3. The van der Waals surface area contributed by atoms with Crippen molar-refractivity contribution < 1.29 is 4.79 Å². The minimum absolute atomic E-state index is 0.180. The Labute approximate surface area is 145 Å². The predicted octanol–water partition coefficient (Wildman–Crippen LogP) is 2.68. The highest BCUT2D eigenvalue weighted by Gasteiger charge is 2.49. The summed E-state index contributed by atoms with van der Waals surface area (Å²) in [6.07, 6.45) is 8.07. The van der Waals surface area contributed by atoms with Gasteiger partial charge in [0.05, 0.1) is 11.7 Å². The number of hydrogen-bond acceptors (Lipinski definition) is 3. The van der Waals surface area contributed by atoms with Gasteiger partial charge in [-0.25, -0.2) is 0 Å². The zero-order valence-corrected chi connectivity index (χ0v) is 15.1. The largest absolute Gasteiger partial charge is 0.339 e. The van der Waals surface area contributed by atoms with Crippen molar-refractivity contribution in [3.8, 4) is 0 Å². The van der Waals surface area contributed by atoms with Gasteiger partial charge in [0.15, 0.2) is 0 Å². The summed E-state index contributed by atoms with van der Waals surface area (Å²) in [7, 11) is 0. The summed E-state index contributed by atoms with van der Waals surface area (Å²) < 4.78 is 2.14. The second-order valence-corrected chi connectivity index (χ2v) is 8.00. The summed E-state index contributed by atoms with van der Waals surface area (Å²) in [6.45, 7) is 8.10. The molecule has 3 aliphatic rings. The van der Waals surface area contributed by atoms with Crippen molar-refractivity contribution in [2.24, 2.45) is 0 Å². The minimum Gasteiger partial charge on any atom is -0.339 e. The maximum atomic E-state index is 13.5. The molecule has 132 valence electrons. The van der Waals surface area contributed by atoms with E-state index in [0.29, 0.717) is 11.9 Å². The van der Waals surface area contributed by atoms with E-state index in [-0.39, 0.29) is 5.54 Å². The van der Waals surface area contributed by atoms with E-state index in [4.69, 9.17) is 0 Å². The van der Waals surface area contributed by atoms with Crippen molar-refractivity contribution in [1.29, 1.82) is 0 Å². The van der Waals surface area contributed by atoms with Gasteiger partial charge in [0.2, 0.25) is 5.91 Å². The maximum absolute atomic E-state index is 13.5. The summed E-state index contributed by atoms with van der Waals surface area (Å²) in [6, 6.07) is 2.48. The van der Waals surface area contributed by atoms with Crippen LogP contribution in [0.5, 0.6) is 0 Å². The van der Waals surface area contributed by atoms with E-state index >= 15 is 0 Å². The van der Waals surface area contributed by atoms with Crippen LogP contribution >= 0.6 is 0 Å². The van der Waals surface area contributed by atoms with Crippen LogP contribution in [0.25, 0.3) is 0 Å². The molecular formula is C19H30N4O. The molecule has 1 atom stereocenters. The van der Waals surface area contributed by atoms with Gasteiger partial charge in [-0.15, -0.1) is 0 Å². The summed E-state index contributed by atoms with van der Waals surface area (Å²) in [4.78, 5) is 18.1. The third-order valence-electron chi connectivity index (χ3n) is 6.38. The Hall–Kier alpha value is -1.36. The fraction of sp³-hybridized carbons (Fsp3) is 0.789. The highest BCUT2D eigenvalue weighted by atomic mass is 16.2. The lowest BCUT2D eigenvalue weighted by molar-refractivity contribution is -0.143. The predicted molar refractivity (Wildman–Crippen MR) is 93.9 cm³/mol. The number of carbonyl (C=O) groups is 1. The SMILES string of the molecule is Cc1cc(C)n(C2CCN(C(=O)C3(N4CCCC4)CCCC3)C2)n1. The van der Waals surface area contributed by atoms with Gasteiger partial charge in [0.25, 0.3) is 0 Å². The number of hydrogen-bond donors (Lipinski definition) is 0. The van der Waals surface area contributed by atoms with E-state index in [2.05, 4.69) is 32.6 Å². The molecule has 0 bridgehead atoms. The van der Waals surface area contributed by atoms with Gasteiger partial charge < -0.3 is 4.90 Å². The van der Waals surface area contributed by atoms with Crippen LogP contribution < -0.4 is 0 Å². The molecule has 4 rings (SSSR count). The highest BCUT2D eigenvalue weighted by Crippen LogP contribution is 2.40. The molecule has 0 aromatic carbocycles. The lowest BCUT2D eigenvalue weighted by Gasteiger charge is -2.40. The number of nitrogens with zero attached hydrogens (tertiary/aromatic N) is 4. The highest BCUT2D eigenvalue weighted by molar-refractivity contribution is 5.87. The topological polar surface area (TPSA) is 41.4 Å². The molecule has 0 N–H and O–H groups in total. The smallest absolute Gasteiger partial charge is 0.243 e. The average Bonchev–Trinajstić information content (AvgIpc) is 3.34. The van der Waals surface area contributed by atoms with Crippen molar-refractivity contribution in [3.05, 3.63) is 17.5 Å². The molecule has 1 saturated carbocycles. The Balaban J connectivity index is 1.51. The molecule has 1 amide bonds. The lowest BCUT2D eigenvalue weighted by atomic mass is 9.93. The van der Waals surface area contributed by atoms with Crippen LogP contribution in [0, 0.1) is 13.8 Å². The zero-order chi connectivity index (χ0) is 16.7. The van der Waals surface area contributed by atoms with E-state index in [9.17, 15) is 4.79 Å². The van der Waals surface area contributed by atoms with E-state index in [1.165, 1.54) is 31.4 Å². The fourth-order valence-corrected chi connectivity index (χ4v) is 5.21. The molecule has 1 aromatic rings. The van der Waals surface area contributed by atoms with Crippen LogP contribution in [0.15, 0.2) is 6.07 Å². The van der Waals surface area contributed by atoms with Gasteiger partial charge in [-0.1, -0.05) is 12.8 Å². The van der Waals surface area contributed by atoms with Crippen molar-refractivity contribution >= 4 is 5.91 Å². The first-order valence-corrected chi connectivity index (χ1v) is 9.67. The minimum atomic E-state index is -0.180. The van der Waals surface area contributed by atoms with Crippen LogP contribution in [0.2, 0.25) is 0 Å². The summed E-state index contributed by atoms with van der Waals surface area (Å²) in [5, 5.41) is 4.65. The van der Waals surface area contributed by atoms with Crippen molar-refractivity contribution in [3.63, 3.8) is 0 Å². The summed E-state index contributed by atoms with van der Waals surface area (Å²) >= 11 is 0. The first-order valence-electron chi connectivity index (χ1n) is 9.67. The molecule has 5 nitrogen and oxygen atoms in total. The molecule has 2 aliphatic heterocycles. The maximum Gasteiger partial charge on any atom is 0.243 e. The first-order chi connectivity index (χ1) is 11.6. The van der Waals surface area contributed by atoms with Crippen molar-refractivity contribution in [2.75, 3.05) is 26.2 Å². The monoisotopic (exact) mass is 330 g/mol. The average molecular weight is 330 g/mol. The Morgan fingerprint density at radius 3 is 2.46 bits per heavy atom. The van der Waals surface area contributed by atoms with Crippen LogP contribution in [-0.4, -0.2) is 57.2 Å². The van der Waals surface area contributed by atoms with Gasteiger partial charge in [0.1, 0.15) is 5.54 Å². The zero-order valence-electron chi connectivity index (χ0n) is 15.1. The third kappa shape index (κ3) is 2.57. The molecule has 0 spiro atoms. The molecule has 1 aliphatic carbocycles. The number of likely N-dealkylation sites (tertiary alicyclic amines) is 2. The van der Waals surface area contributed by atoms with Crippen LogP contribution in [0.1, 0.15) is 62.4 Å². The Morgan fingerprint density at radius 1 is 1.12 bits per heavy atom. The summed E-state index contributed by atoms with van der Waals surface area (Å²) in [5.74, 6) is 0.408. The number of rotatable bonds is 3. The van der Waals surface area contributed by atoms with Gasteiger partial charge in [-0.3, -0.25) is 14.4 Å². The lowest BCUT2D eigenvalue weighted by Crippen LogP contribution is -2.57. The molecular weight excluding hydrogens is 300 g/mol. The summed E-state index contributed by atoms with van der Waals surface area (Å²) in [5.41, 5.74) is 2.10. The normalized spacial score (nSPS) is 27.2. The van der Waals surface area contributed by atoms with Crippen molar-refractivity contribution in [1.82, 2.24) is 19.6 Å². The first kappa shape index (κ1) is 16.1. The Bertz CT molecular complexity index is 611. The molecule has 24 heavy (non-hydrogen) atoms. The van der Waals surface area contributed by atoms with Gasteiger partial charge in [-0.05, 0) is 65.1 Å². The molecule has 1 unspecified atom stereocenters. The van der Waals surface area contributed by atoms with E-state index in [1.807, 2.05) is 6.92 Å². The van der Waals surface area contributed by atoms with E-state index in [0.717, 1.165) is 51.1 Å². The number of carbonyl (C=O) groups excluding carboxylic acids is 1. The number of aryl methyl sites for hydroxylation is 2. The van der Waals surface area contributed by atoms with Crippen molar-refractivity contribution in [2.45, 2.75) is 70.4 Å². The number of amides is 1. The fourth-order valence-electron chi connectivity index (χ4n) is 5.21. The third-order valence-corrected chi connectivity index (χ3v) is 6.38. The van der Waals surface area contributed by atoms with Gasteiger partial charge in [-0.2, -0.15) is 5.10 Å². The van der Waals surface area contributed by atoms with Crippen LogP contribution in [-0.2, 0) is 4.79 Å². The molecule has 3 fully saturated rings. The Kier molecular flexibility index (Phi) is 4.15. The second kappa shape index (κ2) is 6.17. The quantitative estimate of drug-likeness (QED) is 0.856. The number of aromatic nitrogens is 2. The van der Waals surface area contributed by atoms with Crippen LogP contribution in [0.3, 0.4) is 0 Å². The molecule has 1 aromatic heterocycles. The molecule has 3 heterocycles. The van der Waals surface area contributed by atoms with Gasteiger partial charge >= 0.3 is 0 Å². The van der Waals surface area contributed by atoms with Crippen LogP contribution in [0.4, 0.5) is 0 Å². The molecule has 0 radical (unpaired) electrons. The molecule has 5 heteroatoms. The molecule has 2 saturated heterocycles. The van der Waals surface area contributed by atoms with Gasteiger partial charge in [0, 0.05) is 18.8 Å². The second-order valence-electron chi connectivity index (χ2n) is 8.00.